The highest BCUT2D eigenvalue weighted by Crippen LogP contribution is 2.17. The van der Waals surface area contributed by atoms with Gasteiger partial charge in [-0.1, -0.05) is 19.1 Å². The van der Waals surface area contributed by atoms with Gasteiger partial charge >= 0.3 is 5.97 Å². The SMILES string of the molecule is CCSc1ccc(CCNCC(=O)O)cc1. The van der Waals surface area contributed by atoms with E-state index in [-0.39, 0.29) is 6.54 Å². The number of thioether (sulfide) groups is 1. The van der Waals surface area contributed by atoms with Crippen LogP contribution in [0.5, 0.6) is 0 Å². The van der Waals surface area contributed by atoms with E-state index in [0.29, 0.717) is 6.54 Å². The average Bonchev–Trinajstić information content (AvgIpc) is 2.27. The summed E-state index contributed by atoms with van der Waals surface area (Å²) in [4.78, 5) is 11.5. The normalized spacial score (nSPS) is 10.3. The van der Waals surface area contributed by atoms with Crippen LogP contribution in [-0.2, 0) is 11.2 Å². The second-order valence-corrected chi connectivity index (χ2v) is 4.73. The molecule has 0 saturated heterocycles. The Morgan fingerprint density at radius 1 is 1.38 bits per heavy atom. The predicted octanol–water partition coefficient (Wildman–Crippen LogP) is 2.02. The van der Waals surface area contributed by atoms with Crippen LogP contribution in [0.15, 0.2) is 29.2 Å². The molecule has 0 saturated carbocycles. The van der Waals surface area contributed by atoms with Crippen molar-refractivity contribution in [3.05, 3.63) is 29.8 Å². The van der Waals surface area contributed by atoms with Gasteiger partial charge in [0.25, 0.3) is 0 Å². The first-order valence-corrected chi connectivity index (χ1v) is 6.35. The van der Waals surface area contributed by atoms with Crippen LogP contribution in [0.1, 0.15) is 12.5 Å². The van der Waals surface area contributed by atoms with Crippen molar-refractivity contribution in [1.29, 1.82) is 0 Å². The van der Waals surface area contributed by atoms with Crippen LogP contribution >= 0.6 is 11.8 Å². The quantitative estimate of drug-likeness (QED) is 0.564. The Balaban J connectivity index is 2.29. The maximum absolute atomic E-state index is 10.3. The fourth-order valence-electron chi connectivity index (χ4n) is 1.35. The molecule has 0 amide bonds. The van der Waals surface area contributed by atoms with Crippen molar-refractivity contribution < 1.29 is 9.90 Å². The molecule has 1 rings (SSSR count). The summed E-state index contributed by atoms with van der Waals surface area (Å²) in [5, 5.41) is 11.3. The minimum Gasteiger partial charge on any atom is -0.480 e. The number of nitrogens with one attached hydrogen (secondary N) is 1. The first kappa shape index (κ1) is 13.1. The smallest absolute Gasteiger partial charge is 0.317 e. The van der Waals surface area contributed by atoms with E-state index in [1.54, 1.807) is 0 Å². The maximum Gasteiger partial charge on any atom is 0.317 e. The van der Waals surface area contributed by atoms with Gasteiger partial charge < -0.3 is 10.4 Å². The van der Waals surface area contributed by atoms with Gasteiger partial charge in [0.2, 0.25) is 0 Å². The van der Waals surface area contributed by atoms with Gasteiger partial charge in [0.05, 0.1) is 6.54 Å². The van der Waals surface area contributed by atoms with Gasteiger partial charge in [-0.25, -0.2) is 0 Å². The van der Waals surface area contributed by atoms with Crippen molar-refractivity contribution in [3.8, 4) is 0 Å². The molecule has 0 aromatic heterocycles. The Morgan fingerprint density at radius 2 is 2.06 bits per heavy atom. The van der Waals surface area contributed by atoms with Crippen LogP contribution < -0.4 is 5.32 Å². The minimum atomic E-state index is -0.810. The van der Waals surface area contributed by atoms with Crippen molar-refractivity contribution in [2.75, 3.05) is 18.8 Å². The topological polar surface area (TPSA) is 49.3 Å². The number of aliphatic carboxylic acids is 1. The third kappa shape index (κ3) is 5.19. The van der Waals surface area contributed by atoms with E-state index in [9.17, 15) is 4.79 Å². The fourth-order valence-corrected chi connectivity index (χ4v) is 2.01. The first-order chi connectivity index (χ1) is 7.72. The molecule has 0 radical (unpaired) electrons. The Bertz CT molecular complexity index is 324. The average molecular weight is 239 g/mol. The predicted molar refractivity (Wildman–Crippen MR) is 67.0 cm³/mol. The lowest BCUT2D eigenvalue weighted by Crippen LogP contribution is -2.24. The van der Waals surface area contributed by atoms with Gasteiger partial charge in [-0.2, -0.15) is 0 Å². The molecule has 0 bridgehead atoms. The molecule has 0 unspecified atom stereocenters. The lowest BCUT2D eigenvalue weighted by Gasteiger charge is -2.03. The molecule has 4 heteroatoms. The van der Waals surface area contributed by atoms with Gasteiger partial charge in [-0.3, -0.25) is 4.79 Å². The molecule has 0 atom stereocenters. The lowest BCUT2D eigenvalue weighted by atomic mass is 10.1. The standard InChI is InChI=1S/C12H17NO2S/c1-2-16-11-5-3-10(4-6-11)7-8-13-9-12(14)15/h3-6,13H,2,7-9H2,1H3,(H,14,15). The number of carboxylic acids is 1. The van der Waals surface area contributed by atoms with Gasteiger partial charge in [-0.15, -0.1) is 11.8 Å². The van der Waals surface area contributed by atoms with Crippen LogP contribution in [0.25, 0.3) is 0 Å². The van der Waals surface area contributed by atoms with E-state index < -0.39 is 5.97 Å². The van der Waals surface area contributed by atoms with Crippen molar-refractivity contribution in [2.24, 2.45) is 0 Å². The number of rotatable bonds is 7. The number of carbonyl (C=O) groups is 1. The number of carboxylic acid groups (broad SMARTS) is 1. The third-order valence-corrected chi connectivity index (χ3v) is 3.00. The molecule has 0 fully saturated rings. The Morgan fingerprint density at radius 3 is 2.62 bits per heavy atom. The minimum absolute atomic E-state index is 0.0315. The highest BCUT2D eigenvalue weighted by molar-refractivity contribution is 7.99. The summed E-state index contributed by atoms with van der Waals surface area (Å²) in [6.07, 6.45) is 0.865. The molecular weight excluding hydrogens is 222 g/mol. The van der Waals surface area contributed by atoms with Crippen LogP contribution in [0.3, 0.4) is 0 Å². The lowest BCUT2D eigenvalue weighted by molar-refractivity contribution is -0.135. The summed E-state index contributed by atoms with van der Waals surface area (Å²) < 4.78 is 0. The second kappa shape index (κ2) is 7.30. The molecule has 0 aliphatic rings. The fraction of sp³-hybridized carbons (Fsp3) is 0.417. The van der Waals surface area contributed by atoms with Crippen LogP contribution in [0.2, 0.25) is 0 Å². The van der Waals surface area contributed by atoms with Crippen LogP contribution in [0.4, 0.5) is 0 Å². The molecule has 16 heavy (non-hydrogen) atoms. The van der Waals surface area contributed by atoms with Crippen molar-refractivity contribution in [2.45, 2.75) is 18.2 Å². The van der Waals surface area contributed by atoms with Gasteiger partial charge in [0.1, 0.15) is 0 Å². The summed E-state index contributed by atoms with van der Waals surface area (Å²) in [5.41, 5.74) is 1.23. The van der Waals surface area contributed by atoms with E-state index >= 15 is 0 Å². The molecule has 2 N–H and O–H groups in total. The monoisotopic (exact) mass is 239 g/mol. The second-order valence-electron chi connectivity index (χ2n) is 3.40. The summed E-state index contributed by atoms with van der Waals surface area (Å²) >= 11 is 1.82. The van der Waals surface area contributed by atoms with Gasteiger partial charge in [0.15, 0.2) is 0 Å². The zero-order valence-electron chi connectivity index (χ0n) is 9.40. The number of hydrogen-bond donors (Lipinski definition) is 2. The highest BCUT2D eigenvalue weighted by Gasteiger charge is 1.97. The zero-order chi connectivity index (χ0) is 11.8. The van der Waals surface area contributed by atoms with E-state index in [1.807, 2.05) is 11.8 Å². The van der Waals surface area contributed by atoms with E-state index in [1.165, 1.54) is 10.5 Å². The molecule has 1 aromatic carbocycles. The van der Waals surface area contributed by atoms with Crippen LogP contribution in [0, 0.1) is 0 Å². The Labute approximate surface area is 100 Å². The summed E-state index contributed by atoms with van der Waals surface area (Å²) in [5.74, 6) is 0.272. The molecule has 0 aliphatic carbocycles. The molecule has 88 valence electrons. The van der Waals surface area contributed by atoms with E-state index in [2.05, 4.69) is 36.5 Å². The van der Waals surface area contributed by atoms with Crippen molar-refractivity contribution in [3.63, 3.8) is 0 Å². The van der Waals surface area contributed by atoms with Gasteiger partial charge in [-0.05, 0) is 36.4 Å². The molecule has 0 aliphatic heterocycles. The molecular formula is C12H17NO2S. The largest absolute Gasteiger partial charge is 0.480 e. The molecule has 1 aromatic rings. The number of hydrogen-bond acceptors (Lipinski definition) is 3. The Hall–Kier alpha value is -1.00. The Kier molecular flexibility index (Phi) is 5.96. The molecule has 0 heterocycles. The first-order valence-electron chi connectivity index (χ1n) is 5.36. The van der Waals surface area contributed by atoms with E-state index in [0.717, 1.165) is 12.2 Å². The van der Waals surface area contributed by atoms with E-state index in [4.69, 9.17) is 5.11 Å². The summed E-state index contributed by atoms with van der Waals surface area (Å²) in [6.45, 7) is 2.87. The third-order valence-electron chi connectivity index (χ3n) is 2.10. The molecule has 3 nitrogen and oxygen atoms in total. The van der Waals surface area contributed by atoms with Crippen molar-refractivity contribution in [1.82, 2.24) is 5.32 Å². The van der Waals surface area contributed by atoms with Gasteiger partial charge in [0, 0.05) is 4.90 Å². The van der Waals surface area contributed by atoms with Crippen molar-refractivity contribution >= 4 is 17.7 Å². The van der Waals surface area contributed by atoms with Crippen LogP contribution in [-0.4, -0.2) is 29.9 Å². The number of benzene rings is 1. The summed E-state index contributed by atoms with van der Waals surface area (Å²) in [6, 6.07) is 8.42. The summed E-state index contributed by atoms with van der Waals surface area (Å²) in [7, 11) is 0. The maximum atomic E-state index is 10.3. The zero-order valence-corrected chi connectivity index (χ0v) is 10.2. The highest BCUT2D eigenvalue weighted by atomic mass is 32.2. The molecule has 0 spiro atoms.